The molecule has 1 nitrogen and oxygen atoms in total. The van der Waals surface area contributed by atoms with Gasteiger partial charge in [0.25, 0.3) is 0 Å². The number of aromatic nitrogens is 1. The van der Waals surface area contributed by atoms with Gasteiger partial charge in [0.15, 0.2) is 0 Å². The van der Waals surface area contributed by atoms with Crippen LogP contribution in [0.1, 0.15) is 0 Å². The molecule has 1 aromatic carbocycles. The quantitative estimate of drug-likeness (QED) is 0.561. The lowest BCUT2D eigenvalue weighted by molar-refractivity contribution is 1.41. The molecule has 4 heteroatoms. The van der Waals surface area contributed by atoms with E-state index in [-0.39, 0.29) is 0 Å². The molecule has 0 bridgehead atoms. The van der Waals surface area contributed by atoms with Crippen molar-refractivity contribution in [3.63, 3.8) is 0 Å². The van der Waals surface area contributed by atoms with E-state index in [0.717, 1.165) is 14.5 Å². The summed E-state index contributed by atoms with van der Waals surface area (Å²) in [5.41, 5.74) is 1.09. The molecule has 0 aliphatic rings. The molecule has 0 N–H and O–H groups in total. The van der Waals surface area contributed by atoms with Gasteiger partial charge in [-0.1, -0.05) is 22.0 Å². The number of nitrogens with zero attached hydrogens (tertiary/aromatic N) is 1. The van der Waals surface area contributed by atoms with E-state index in [4.69, 9.17) is 0 Å². The first kappa shape index (κ1) is 9.75. The van der Waals surface area contributed by atoms with Crippen molar-refractivity contribution in [1.82, 2.24) is 4.98 Å². The fourth-order valence-corrected chi connectivity index (χ4v) is 3.73. The highest BCUT2D eigenvalue weighted by Crippen LogP contribution is 2.35. The lowest BCUT2D eigenvalue weighted by Gasteiger charge is -1.92. The maximum absolute atomic E-state index is 4.45. The first-order chi connectivity index (χ1) is 7.24. The van der Waals surface area contributed by atoms with E-state index in [0.29, 0.717) is 0 Å². The van der Waals surface area contributed by atoms with E-state index in [1.165, 1.54) is 14.8 Å². The Hall–Kier alpha value is -0.450. The Morgan fingerprint density at radius 2 is 1.80 bits per heavy atom. The Bertz CT molecular complexity index is 604. The summed E-state index contributed by atoms with van der Waals surface area (Å²) in [6, 6.07) is 8.41. The van der Waals surface area contributed by atoms with Gasteiger partial charge in [-0.3, -0.25) is 4.98 Å². The molecule has 0 amide bonds. The topological polar surface area (TPSA) is 12.9 Å². The molecule has 2 aromatic heterocycles. The molecular formula is C11H5Br2NS. The monoisotopic (exact) mass is 341 g/mol. The van der Waals surface area contributed by atoms with Gasteiger partial charge in [-0.15, -0.1) is 11.3 Å². The molecule has 0 atom stereocenters. The second-order valence-electron chi connectivity index (χ2n) is 3.24. The van der Waals surface area contributed by atoms with E-state index in [1.807, 2.05) is 6.20 Å². The summed E-state index contributed by atoms with van der Waals surface area (Å²) in [6.07, 6.45) is 1.84. The summed E-state index contributed by atoms with van der Waals surface area (Å²) in [5, 5.41) is 1.23. The third-order valence-corrected chi connectivity index (χ3v) is 4.25. The number of fused-ring (bicyclic) bond motifs is 3. The number of hydrogen-bond donors (Lipinski definition) is 0. The summed E-state index contributed by atoms with van der Waals surface area (Å²) in [5.74, 6) is 0. The van der Waals surface area contributed by atoms with Crippen LogP contribution in [0.4, 0.5) is 0 Å². The maximum atomic E-state index is 4.45. The smallest absolute Gasteiger partial charge is 0.0889 e. The van der Waals surface area contributed by atoms with Crippen molar-refractivity contribution in [1.29, 1.82) is 0 Å². The van der Waals surface area contributed by atoms with Crippen molar-refractivity contribution < 1.29 is 0 Å². The van der Waals surface area contributed by atoms with Crippen LogP contribution in [0.5, 0.6) is 0 Å². The molecule has 3 rings (SSSR count). The van der Waals surface area contributed by atoms with E-state index in [9.17, 15) is 0 Å². The highest BCUT2D eigenvalue weighted by molar-refractivity contribution is 9.10. The van der Waals surface area contributed by atoms with Gasteiger partial charge in [0.05, 0.1) is 10.2 Å². The largest absolute Gasteiger partial charge is 0.254 e. The van der Waals surface area contributed by atoms with Crippen molar-refractivity contribution in [2.45, 2.75) is 0 Å². The Balaban J connectivity index is 2.51. The Kier molecular flexibility index (Phi) is 2.30. The molecule has 0 radical (unpaired) electrons. The summed E-state index contributed by atoms with van der Waals surface area (Å²) in [7, 11) is 0. The van der Waals surface area contributed by atoms with Crippen LogP contribution in [0.15, 0.2) is 39.4 Å². The van der Waals surface area contributed by atoms with E-state index >= 15 is 0 Å². The Morgan fingerprint density at radius 3 is 2.67 bits per heavy atom. The van der Waals surface area contributed by atoms with Crippen LogP contribution in [0, 0.1) is 0 Å². The highest BCUT2D eigenvalue weighted by Gasteiger charge is 2.06. The maximum Gasteiger partial charge on any atom is 0.0889 e. The minimum absolute atomic E-state index is 1.03. The van der Waals surface area contributed by atoms with Gasteiger partial charge in [-0.25, -0.2) is 0 Å². The molecule has 74 valence electrons. The second kappa shape index (κ2) is 3.54. The average molecular weight is 343 g/mol. The molecule has 3 aromatic rings. The zero-order chi connectivity index (χ0) is 10.4. The number of pyridine rings is 1. The molecule has 2 heterocycles. The van der Waals surface area contributed by atoms with Crippen molar-refractivity contribution >= 4 is 63.5 Å². The molecule has 0 unspecified atom stereocenters. The summed E-state index contributed by atoms with van der Waals surface area (Å²) < 4.78 is 4.63. The minimum atomic E-state index is 1.03. The normalized spacial score (nSPS) is 11.3. The van der Waals surface area contributed by atoms with Crippen LogP contribution in [0.2, 0.25) is 0 Å². The summed E-state index contributed by atoms with van der Waals surface area (Å²) >= 11 is 8.69. The zero-order valence-corrected chi connectivity index (χ0v) is 11.5. The number of hydrogen-bond acceptors (Lipinski definition) is 2. The highest BCUT2D eigenvalue weighted by atomic mass is 79.9. The third kappa shape index (κ3) is 1.61. The molecule has 0 spiro atoms. The second-order valence-corrected chi connectivity index (χ2v) is 6.16. The number of benzene rings is 1. The van der Waals surface area contributed by atoms with E-state index in [2.05, 4.69) is 61.1 Å². The van der Waals surface area contributed by atoms with Gasteiger partial charge >= 0.3 is 0 Å². The van der Waals surface area contributed by atoms with Gasteiger partial charge < -0.3 is 0 Å². The van der Waals surface area contributed by atoms with Crippen molar-refractivity contribution in [3.05, 3.63) is 39.4 Å². The average Bonchev–Trinajstić information content (AvgIpc) is 2.53. The number of thiophene rings is 1. The van der Waals surface area contributed by atoms with Crippen LogP contribution >= 0.6 is 43.2 Å². The third-order valence-electron chi connectivity index (χ3n) is 2.24. The standard InChI is InChI=1S/C11H5Br2NS/c12-6-1-2-8-9(3-6)15-10-4-7(13)5-14-11(8)10/h1-5H. The molecule has 0 fully saturated rings. The minimum Gasteiger partial charge on any atom is -0.254 e. The predicted octanol–water partition coefficient (Wildman–Crippen LogP) is 4.97. The lowest BCUT2D eigenvalue weighted by Crippen LogP contribution is -1.73. The van der Waals surface area contributed by atoms with E-state index in [1.54, 1.807) is 11.3 Å². The zero-order valence-electron chi connectivity index (χ0n) is 7.50. The van der Waals surface area contributed by atoms with Gasteiger partial charge in [0.2, 0.25) is 0 Å². The Morgan fingerprint density at radius 1 is 1.00 bits per heavy atom. The predicted molar refractivity (Wildman–Crippen MR) is 72.5 cm³/mol. The van der Waals surface area contributed by atoms with Gasteiger partial charge in [-0.2, -0.15) is 0 Å². The van der Waals surface area contributed by atoms with Crippen LogP contribution in [-0.2, 0) is 0 Å². The van der Waals surface area contributed by atoms with Crippen LogP contribution in [0.3, 0.4) is 0 Å². The molecular weight excluding hydrogens is 338 g/mol. The van der Waals surface area contributed by atoms with Crippen LogP contribution < -0.4 is 0 Å². The van der Waals surface area contributed by atoms with Crippen molar-refractivity contribution in [2.75, 3.05) is 0 Å². The van der Waals surface area contributed by atoms with E-state index < -0.39 is 0 Å². The van der Waals surface area contributed by atoms with Gasteiger partial charge in [0, 0.05) is 25.2 Å². The van der Waals surface area contributed by atoms with Crippen LogP contribution in [0.25, 0.3) is 20.3 Å². The molecule has 0 saturated heterocycles. The fraction of sp³-hybridized carbons (Fsp3) is 0. The van der Waals surface area contributed by atoms with Gasteiger partial charge in [-0.05, 0) is 34.1 Å². The summed E-state index contributed by atoms with van der Waals surface area (Å²) in [6.45, 7) is 0. The van der Waals surface area contributed by atoms with Gasteiger partial charge in [0.1, 0.15) is 0 Å². The lowest BCUT2D eigenvalue weighted by atomic mass is 10.2. The first-order valence-electron chi connectivity index (χ1n) is 4.37. The molecule has 0 saturated carbocycles. The molecule has 0 aliphatic carbocycles. The Labute approximate surface area is 107 Å². The van der Waals surface area contributed by atoms with Crippen molar-refractivity contribution in [3.8, 4) is 0 Å². The van der Waals surface area contributed by atoms with Crippen molar-refractivity contribution in [2.24, 2.45) is 0 Å². The van der Waals surface area contributed by atoms with Crippen LogP contribution in [-0.4, -0.2) is 4.98 Å². The summed E-state index contributed by atoms with van der Waals surface area (Å²) in [4.78, 5) is 4.45. The first-order valence-corrected chi connectivity index (χ1v) is 6.77. The number of halogens is 2. The fourth-order valence-electron chi connectivity index (χ4n) is 1.60. The molecule has 0 aliphatic heterocycles. The SMILES string of the molecule is Brc1ccc2c(c1)sc1cc(Br)cnc12. The number of rotatable bonds is 0. The molecule has 15 heavy (non-hydrogen) atoms.